The lowest BCUT2D eigenvalue weighted by atomic mass is 10.1. The van der Waals surface area contributed by atoms with Crippen LogP contribution in [0.25, 0.3) is 0 Å². The quantitative estimate of drug-likeness (QED) is 0.452. The number of benzene rings is 3. The molecule has 0 spiro atoms. The number of hydrogen-bond acceptors (Lipinski definition) is 5. The largest absolute Gasteiger partial charge is 0.478 e. The van der Waals surface area contributed by atoms with E-state index in [0.29, 0.717) is 0 Å². The molecule has 3 rings (SSSR count). The first-order valence-electron chi connectivity index (χ1n) is 8.99. The number of nitro benzene ring substituents is 1. The number of rotatable bonds is 7. The van der Waals surface area contributed by atoms with E-state index in [2.05, 4.69) is 0 Å². The summed E-state index contributed by atoms with van der Waals surface area (Å²) in [7, 11) is 0. The third-order valence-corrected chi connectivity index (χ3v) is 4.32. The van der Waals surface area contributed by atoms with Crippen LogP contribution in [0.4, 0.5) is 16.2 Å². The van der Waals surface area contributed by atoms with Gasteiger partial charge in [-0.15, -0.1) is 0 Å². The number of non-ortho nitro benzene ring substituents is 1. The second kappa shape index (κ2) is 9.33. The Kier molecular flexibility index (Phi) is 6.39. The summed E-state index contributed by atoms with van der Waals surface area (Å²) in [6.07, 6.45) is -0.765. The molecule has 152 valence electrons. The fraction of sp³-hybridized carbons (Fsp3) is 0.0909. The molecule has 0 saturated carbocycles. The molecule has 1 N–H and O–H groups in total. The lowest BCUT2D eigenvalue weighted by molar-refractivity contribution is -0.384. The number of nitrogens with zero attached hydrogens (tertiary/aromatic N) is 2. The average Bonchev–Trinajstić information content (AvgIpc) is 2.76. The van der Waals surface area contributed by atoms with E-state index in [0.717, 1.165) is 28.2 Å². The molecule has 0 bridgehead atoms. The van der Waals surface area contributed by atoms with E-state index in [-0.39, 0.29) is 30.1 Å². The molecule has 0 radical (unpaired) electrons. The molecule has 0 aliphatic carbocycles. The molecule has 0 atom stereocenters. The molecule has 0 unspecified atom stereocenters. The molecule has 1 amide bonds. The monoisotopic (exact) mass is 406 g/mol. The van der Waals surface area contributed by atoms with Gasteiger partial charge in [0.1, 0.15) is 6.61 Å². The van der Waals surface area contributed by atoms with Gasteiger partial charge in [0.15, 0.2) is 0 Å². The van der Waals surface area contributed by atoms with Crippen molar-refractivity contribution < 1.29 is 24.4 Å². The first kappa shape index (κ1) is 20.5. The minimum absolute atomic E-state index is 0.000346. The number of amides is 1. The maximum absolute atomic E-state index is 12.9. The van der Waals surface area contributed by atoms with Gasteiger partial charge in [-0.2, -0.15) is 0 Å². The summed E-state index contributed by atoms with van der Waals surface area (Å²) >= 11 is 0. The van der Waals surface area contributed by atoms with Gasteiger partial charge >= 0.3 is 12.1 Å². The predicted octanol–water partition coefficient (Wildman–Crippen LogP) is 4.64. The standard InChI is InChI=1S/C22H18N2O6/c25-21(26)19-13-18(24(28)29)11-12-20(19)23(14-16-7-3-1-4-8-16)22(27)30-15-17-9-5-2-6-10-17/h1-13H,14-15H2,(H,25,26). The van der Waals surface area contributed by atoms with Crippen molar-refractivity contribution in [3.63, 3.8) is 0 Å². The van der Waals surface area contributed by atoms with Gasteiger partial charge in [-0.3, -0.25) is 15.0 Å². The Morgan fingerprint density at radius 3 is 2.10 bits per heavy atom. The van der Waals surface area contributed by atoms with Crippen LogP contribution < -0.4 is 4.90 Å². The highest BCUT2D eigenvalue weighted by Crippen LogP contribution is 2.28. The number of ether oxygens (including phenoxy) is 1. The summed E-state index contributed by atoms with van der Waals surface area (Å²) in [6, 6.07) is 21.3. The van der Waals surface area contributed by atoms with Crippen LogP contribution in [0.2, 0.25) is 0 Å². The number of carbonyl (C=O) groups excluding carboxylic acids is 1. The first-order valence-corrected chi connectivity index (χ1v) is 8.99. The molecule has 0 saturated heterocycles. The van der Waals surface area contributed by atoms with Crippen LogP contribution in [0.5, 0.6) is 0 Å². The zero-order valence-corrected chi connectivity index (χ0v) is 15.8. The second-order valence-corrected chi connectivity index (χ2v) is 6.38. The first-order chi connectivity index (χ1) is 14.5. The van der Waals surface area contributed by atoms with Crippen molar-refractivity contribution in [2.45, 2.75) is 13.2 Å². The van der Waals surface area contributed by atoms with E-state index in [1.54, 1.807) is 36.4 Å². The van der Waals surface area contributed by atoms with Crippen molar-refractivity contribution in [1.82, 2.24) is 0 Å². The van der Waals surface area contributed by atoms with Crippen LogP contribution in [-0.4, -0.2) is 22.1 Å². The third-order valence-electron chi connectivity index (χ3n) is 4.32. The molecule has 8 nitrogen and oxygen atoms in total. The van der Waals surface area contributed by atoms with Gasteiger partial charge in [0.05, 0.1) is 22.7 Å². The number of nitro groups is 1. The van der Waals surface area contributed by atoms with E-state index in [1.165, 1.54) is 6.07 Å². The molecule has 0 fully saturated rings. The predicted molar refractivity (Wildman–Crippen MR) is 109 cm³/mol. The molecule has 0 aliphatic heterocycles. The third kappa shape index (κ3) is 4.99. The van der Waals surface area contributed by atoms with Gasteiger partial charge in [0, 0.05) is 12.1 Å². The van der Waals surface area contributed by atoms with Gasteiger partial charge in [-0.05, 0) is 17.2 Å². The van der Waals surface area contributed by atoms with E-state index in [1.807, 2.05) is 24.3 Å². The molecule has 0 heterocycles. The van der Waals surface area contributed by atoms with Crippen molar-refractivity contribution in [3.8, 4) is 0 Å². The minimum atomic E-state index is -1.39. The van der Waals surface area contributed by atoms with Crippen LogP contribution in [0, 0.1) is 10.1 Å². The average molecular weight is 406 g/mol. The summed E-state index contributed by atoms with van der Waals surface area (Å²) in [6.45, 7) is 0.0346. The van der Waals surface area contributed by atoms with Crippen molar-refractivity contribution in [3.05, 3.63) is 106 Å². The van der Waals surface area contributed by atoms with E-state index >= 15 is 0 Å². The van der Waals surface area contributed by atoms with Crippen LogP contribution in [0.3, 0.4) is 0 Å². The van der Waals surface area contributed by atoms with Crippen LogP contribution >= 0.6 is 0 Å². The van der Waals surface area contributed by atoms with Crippen LogP contribution in [0.1, 0.15) is 21.5 Å². The Morgan fingerprint density at radius 2 is 1.53 bits per heavy atom. The molecule has 0 aliphatic rings. The highest BCUT2D eigenvalue weighted by Gasteiger charge is 2.25. The molecular formula is C22H18N2O6. The zero-order valence-electron chi connectivity index (χ0n) is 15.8. The highest BCUT2D eigenvalue weighted by atomic mass is 16.6. The van der Waals surface area contributed by atoms with Gasteiger partial charge in [0.2, 0.25) is 0 Å². The lowest BCUT2D eigenvalue weighted by Crippen LogP contribution is -2.32. The zero-order chi connectivity index (χ0) is 21.5. The number of carboxylic acid groups (broad SMARTS) is 1. The topological polar surface area (TPSA) is 110 Å². The van der Waals surface area contributed by atoms with E-state index in [4.69, 9.17) is 4.74 Å². The maximum Gasteiger partial charge on any atom is 0.414 e. The molecule has 30 heavy (non-hydrogen) atoms. The Hall–Kier alpha value is -4.20. The molecule has 3 aromatic carbocycles. The Balaban J connectivity index is 1.95. The highest BCUT2D eigenvalue weighted by molar-refractivity contribution is 6.00. The summed E-state index contributed by atoms with van der Waals surface area (Å²) in [5.41, 5.74) is 0.775. The summed E-state index contributed by atoms with van der Waals surface area (Å²) in [5, 5.41) is 20.6. The molecular weight excluding hydrogens is 388 g/mol. The number of anilines is 1. The van der Waals surface area contributed by atoms with Gasteiger partial charge in [0.25, 0.3) is 5.69 Å². The molecule has 0 aromatic heterocycles. The smallest absolute Gasteiger partial charge is 0.414 e. The Morgan fingerprint density at radius 1 is 0.933 bits per heavy atom. The molecule has 8 heteroatoms. The fourth-order valence-electron chi connectivity index (χ4n) is 2.86. The van der Waals surface area contributed by atoms with E-state index < -0.39 is 17.0 Å². The lowest BCUT2D eigenvalue weighted by Gasteiger charge is -2.24. The van der Waals surface area contributed by atoms with Crippen LogP contribution in [-0.2, 0) is 17.9 Å². The summed E-state index contributed by atoms with van der Waals surface area (Å²) in [5.74, 6) is -1.39. The molecule has 3 aromatic rings. The van der Waals surface area contributed by atoms with Crippen molar-refractivity contribution in [2.75, 3.05) is 4.90 Å². The van der Waals surface area contributed by atoms with Crippen LogP contribution in [0.15, 0.2) is 78.9 Å². The number of hydrogen-bond donors (Lipinski definition) is 1. The normalized spacial score (nSPS) is 10.3. The fourth-order valence-corrected chi connectivity index (χ4v) is 2.86. The van der Waals surface area contributed by atoms with Gasteiger partial charge in [-0.1, -0.05) is 60.7 Å². The van der Waals surface area contributed by atoms with Crippen molar-refractivity contribution >= 4 is 23.4 Å². The van der Waals surface area contributed by atoms with E-state index in [9.17, 15) is 24.8 Å². The Labute approximate surface area is 172 Å². The SMILES string of the molecule is O=C(O)c1cc([N+](=O)[O-])ccc1N(Cc1ccccc1)C(=O)OCc1ccccc1. The summed E-state index contributed by atoms with van der Waals surface area (Å²) in [4.78, 5) is 36.2. The van der Waals surface area contributed by atoms with Crippen molar-refractivity contribution in [2.24, 2.45) is 0 Å². The number of aromatic carboxylic acids is 1. The minimum Gasteiger partial charge on any atom is -0.478 e. The Bertz CT molecular complexity index is 1050. The summed E-state index contributed by atoms with van der Waals surface area (Å²) < 4.78 is 5.39. The number of carboxylic acids is 1. The van der Waals surface area contributed by atoms with Gasteiger partial charge in [-0.25, -0.2) is 9.59 Å². The van der Waals surface area contributed by atoms with Gasteiger partial charge < -0.3 is 9.84 Å². The number of carbonyl (C=O) groups is 2. The van der Waals surface area contributed by atoms with Crippen molar-refractivity contribution in [1.29, 1.82) is 0 Å². The second-order valence-electron chi connectivity index (χ2n) is 6.38. The maximum atomic E-state index is 12.9.